The molecule has 0 aliphatic carbocycles. The molecule has 7 heteroatoms. The molecule has 0 radical (unpaired) electrons. The second-order valence-corrected chi connectivity index (χ2v) is 3.57. The molecule has 2 aromatic rings. The van der Waals surface area contributed by atoms with Crippen LogP contribution in [0, 0.1) is 0 Å². The van der Waals surface area contributed by atoms with E-state index in [2.05, 4.69) is 9.84 Å². The quantitative estimate of drug-likeness (QED) is 0.802. The summed E-state index contributed by atoms with van der Waals surface area (Å²) < 4.78 is 5.48. The van der Waals surface area contributed by atoms with Gasteiger partial charge < -0.3 is 9.84 Å². The average Bonchev–Trinajstić information content (AvgIpc) is 2.59. The molecule has 1 heterocycles. The fourth-order valence-electron chi connectivity index (χ4n) is 1.30. The maximum Gasteiger partial charge on any atom is 0.512 e. The van der Waals surface area contributed by atoms with Crippen molar-refractivity contribution in [2.24, 2.45) is 0 Å². The summed E-state index contributed by atoms with van der Waals surface area (Å²) in [6.45, 7) is 0. The highest BCUT2D eigenvalue weighted by Crippen LogP contribution is 2.12. The Morgan fingerprint density at radius 3 is 2.59 bits per heavy atom. The van der Waals surface area contributed by atoms with Gasteiger partial charge in [-0.05, 0) is 24.3 Å². The molecule has 17 heavy (non-hydrogen) atoms. The van der Waals surface area contributed by atoms with Crippen LogP contribution in [-0.2, 0) is 0 Å². The zero-order valence-corrected chi connectivity index (χ0v) is 9.14. The fourth-order valence-corrected chi connectivity index (χ4v) is 1.43. The number of aromatic amines is 1. The summed E-state index contributed by atoms with van der Waals surface area (Å²) in [5.41, 5.74) is 0.100. The van der Waals surface area contributed by atoms with Crippen LogP contribution in [0.15, 0.2) is 35.1 Å². The summed E-state index contributed by atoms with van der Waals surface area (Å²) >= 11 is 5.71. The third-order valence-corrected chi connectivity index (χ3v) is 2.23. The number of carbonyl (C=O) groups is 1. The molecular formula is C10H7ClN2O4. The lowest BCUT2D eigenvalue weighted by molar-refractivity contribution is 0.142. The molecule has 88 valence electrons. The van der Waals surface area contributed by atoms with Crippen LogP contribution in [0.25, 0.3) is 5.69 Å². The molecule has 6 nitrogen and oxygen atoms in total. The van der Waals surface area contributed by atoms with Gasteiger partial charge in [-0.1, -0.05) is 11.6 Å². The Morgan fingerprint density at radius 1 is 1.35 bits per heavy atom. The van der Waals surface area contributed by atoms with Crippen molar-refractivity contribution >= 4 is 17.8 Å². The number of aromatic nitrogens is 2. The first kappa shape index (κ1) is 11.3. The van der Waals surface area contributed by atoms with E-state index >= 15 is 0 Å². The molecule has 2 rings (SSSR count). The monoisotopic (exact) mass is 254 g/mol. The average molecular weight is 255 g/mol. The van der Waals surface area contributed by atoms with E-state index in [1.54, 1.807) is 24.3 Å². The Hall–Kier alpha value is -2.21. The Labute approximate surface area is 100.0 Å². The van der Waals surface area contributed by atoms with E-state index in [9.17, 15) is 9.59 Å². The number of hydrogen-bond donors (Lipinski definition) is 2. The molecule has 0 unspecified atom stereocenters. The minimum absolute atomic E-state index is 0.141. The second-order valence-electron chi connectivity index (χ2n) is 3.14. The highest BCUT2D eigenvalue weighted by Gasteiger charge is 2.08. The number of rotatable bonds is 2. The first-order valence-corrected chi connectivity index (χ1v) is 4.93. The molecule has 0 saturated heterocycles. The lowest BCUT2D eigenvalue weighted by atomic mass is 10.3. The zero-order valence-electron chi connectivity index (χ0n) is 8.38. The van der Waals surface area contributed by atoms with Crippen molar-refractivity contribution in [3.63, 3.8) is 0 Å². The van der Waals surface area contributed by atoms with Crippen molar-refractivity contribution in [2.75, 3.05) is 0 Å². The predicted molar refractivity (Wildman–Crippen MR) is 60.1 cm³/mol. The van der Waals surface area contributed by atoms with E-state index in [4.69, 9.17) is 16.7 Å². The first-order valence-electron chi connectivity index (χ1n) is 4.55. The van der Waals surface area contributed by atoms with Crippen molar-refractivity contribution < 1.29 is 14.6 Å². The van der Waals surface area contributed by atoms with Crippen molar-refractivity contribution in [3.05, 3.63) is 45.7 Å². The van der Waals surface area contributed by atoms with Gasteiger partial charge in [0.15, 0.2) is 0 Å². The summed E-state index contributed by atoms with van der Waals surface area (Å²) in [6.07, 6.45) is -1.49. The van der Waals surface area contributed by atoms with Gasteiger partial charge in [0.1, 0.15) is 0 Å². The summed E-state index contributed by atoms with van der Waals surface area (Å²) in [7, 11) is 0. The Bertz CT molecular complexity index is 600. The van der Waals surface area contributed by atoms with E-state index in [-0.39, 0.29) is 5.88 Å². The highest BCUT2D eigenvalue weighted by atomic mass is 35.5. The number of hydrogen-bond acceptors (Lipinski definition) is 3. The molecular weight excluding hydrogens is 248 g/mol. The van der Waals surface area contributed by atoms with E-state index < -0.39 is 11.7 Å². The first-order chi connectivity index (χ1) is 8.06. The van der Waals surface area contributed by atoms with E-state index in [1.165, 1.54) is 0 Å². The molecule has 0 fully saturated rings. The number of carboxylic acid groups (broad SMARTS) is 1. The molecule has 1 aromatic heterocycles. The van der Waals surface area contributed by atoms with Gasteiger partial charge in [0.05, 0.1) is 11.8 Å². The third kappa shape index (κ3) is 2.48. The number of halogens is 1. The Morgan fingerprint density at radius 2 is 2.00 bits per heavy atom. The molecule has 0 bridgehead atoms. The minimum atomic E-state index is -1.49. The van der Waals surface area contributed by atoms with Gasteiger partial charge in [0.2, 0.25) is 5.88 Å². The normalized spacial score (nSPS) is 10.2. The van der Waals surface area contributed by atoms with Crippen molar-refractivity contribution in [3.8, 4) is 11.6 Å². The van der Waals surface area contributed by atoms with Gasteiger partial charge in [0.25, 0.3) is 5.56 Å². The van der Waals surface area contributed by atoms with Gasteiger partial charge in [0, 0.05) is 5.02 Å². The van der Waals surface area contributed by atoms with Crippen molar-refractivity contribution in [1.29, 1.82) is 0 Å². The smallest absolute Gasteiger partial charge is 0.449 e. The standard InChI is InChI=1S/C10H7ClN2O4/c11-6-1-3-7(4-2-6)13-9(14)5-8(12-13)17-10(15)16/h1-5,12H,(H,15,16). The summed E-state index contributed by atoms with van der Waals surface area (Å²) in [6, 6.07) is 7.50. The fraction of sp³-hybridized carbons (Fsp3) is 0. The van der Waals surface area contributed by atoms with Crippen LogP contribution in [0.3, 0.4) is 0 Å². The number of nitrogens with one attached hydrogen (secondary N) is 1. The lowest BCUT2D eigenvalue weighted by Gasteiger charge is -2.01. The SMILES string of the molecule is O=C(O)Oc1cc(=O)n(-c2ccc(Cl)cc2)[nH]1. The zero-order chi connectivity index (χ0) is 12.4. The van der Waals surface area contributed by atoms with Gasteiger partial charge >= 0.3 is 6.16 Å². The van der Waals surface area contributed by atoms with Crippen LogP contribution >= 0.6 is 11.6 Å². The highest BCUT2D eigenvalue weighted by molar-refractivity contribution is 6.30. The largest absolute Gasteiger partial charge is 0.512 e. The van der Waals surface area contributed by atoms with Crippen molar-refractivity contribution in [1.82, 2.24) is 9.78 Å². The van der Waals surface area contributed by atoms with Gasteiger partial charge in [-0.25, -0.2) is 9.48 Å². The predicted octanol–water partition coefficient (Wildman–Crippen LogP) is 1.88. The summed E-state index contributed by atoms with van der Waals surface area (Å²) in [5, 5.41) is 11.4. The Balaban J connectivity index is 2.39. The van der Waals surface area contributed by atoms with Crippen LogP contribution in [0.5, 0.6) is 5.88 Å². The minimum Gasteiger partial charge on any atom is -0.449 e. The molecule has 0 atom stereocenters. The van der Waals surface area contributed by atoms with E-state index in [1.807, 2.05) is 0 Å². The van der Waals surface area contributed by atoms with Crippen molar-refractivity contribution in [2.45, 2.75) is 0 Å². The van der Waals surface area contributed by atoms with Crippen LogP contribution in [0.4, 0.5) is 4.79 Å². The molecule has 0 saturated carbocycles. The van der Waals surface area contributed by atoms with E-state index in [0.717, 1.165) is 10.7 Å². The second kappa shape index (κ2) is 4.34. The van der Waals surface area contributed by atoms with Gasteiger partial charge in [-0.15, -0.1) is 0 Å². The van der Waals surface area contributed by atoms with Gasteiger partial charge in [-0.3, -0.25) is 9.89 Å². The van der Waals surface area contributed by atoms with Crippen LogP contribution in [-0.4, -0.2) is 21.0 Å². The molecule has 1 aromatic carbocycles. The van der Waals surface area contributed by atoms with E-state index in [0.29, 0.717) is 10.7 Å². The van der Waals surface area contributed by atoms with Crippen LogP contribution < -0.4 is 10.3 Å². The van der Waals surface area contributed by atoms with Gasteiger partial charge in [-0.2, -0.15) is 0 Å². The van der Waals surface area contributed by atoms with Crippen LogP contribution in [0.2, 0.25) is 5.02 Å². The van der Waals surface area contributed by atoms with Crippen LogP contribution in [0.1, 0.15) is 0 Å². The topological polar surface area (TPSA) is 84.3 Å². The molecule has 2 N–H and O–H groups in total. The molecule has 0 amide bonds. The summed E-state index contributed by atoms with van der Waals surface area (Å²) in [5.74, 6) is -0.141. The number of nitrogens with zero attached hydrogens (tertiary/aromatic N) is 1. The number of benzene rings is 1. The Kier molecular flexibility index (Phi) is 2.88. The maximum atomic E-state index is 11.5. The number of H-pyrrole nitrogens is 1. The molecule has 0 spiro atoms. The maximum absolute atomic E-state index is 11.5. The molecule has 0 aliphatic heterocycles. The summed E-state index contributed by atoms with van der Waals surface area (Å²) in [4.78, 5) is 21.8. The molecule has 0 aliphatic rings. The lowest BCUT2D eigenvalue weighted by Crippen LogP contribution is -2.13. The number of ether oxygens (including phenoxy) is 1. The third-order valence-electron chi connectivity index (χ3n) is 1.98.